The van der Waals surface area contributed by atoms with Crippen LogP contribution < -0.4 is 4.90 Å². The Morgan fingerprint density at radius 1 is 1.35 bits per heavy atom. The van der Waals surface area contributed by atoms with Gasteiger partial charge in [0.2, 0.25) is 5.91 Å². The molecule has 0 atom stereocenters. The first kappa shape index (κ1) is 16.2. The normalized spacial score (nSPS) is 13.0. The first-order chi connectivity index (χ1) is 12.6. The van der Waals surface area contributed by atoms with Crippen LogP contribution in [0.25, 0.3) is 5.65 Å². The van der Waals surface area contributed by atoms with Crippen LogP contribution in [0.4, 0.5) is 5.69 Å². The number of aryl methyl sites for hydroxylation is 2. The molecule has 4 rings (SSSR count). The van der Waals surface area contributed by atoms with Gasteiger partial charge in [-0.2, -0.15) is 10.4 Å². The molecule has 7 nitrogen and oxygen atoms in total. The van der Waals surface area contributed by atoms with Crippen molar-refractivity contribution in [3.63, 3.8) is 0 Å². The van der Waals surface area contributed by atoms with Crippen molar-refractivity contribution in [3.8, 4) is 6.07 Å². The number of anilines is 1. The number of fused-ring (bicyclic) bond motifs is 2. The summed E-state index contributed by atoms with van der Waals surface area (Å²) in [7, 11) is 0. The molecule has 3 aromatic rings. The van der Waals surface area contributed by atoms with E-state index in [9.17, 15) is 4.79 Å². The Bertz CT molecular complexity index is 1060. The number of hydrogen-bond donors (Lipinski definition) is 0. The number of aromatic nitrogens is 4. The summed E-state index contributed by atoms with van der Waals surface area (Å²) < 4.78 is 1.68. The minimum absolute atomic E-state index is 0.0915. The van der Waals surface area contributed by atoms with Gasteiger partial charge in [-0.25, -0.2) is 9.50 Å². The van der Waals surface area contributed by atoms with Gasteiger partial charge in [0.25, 0.3) is 0 Å². The van der Waals surface area contributed by atoms with E-state index in [2.05, 4.69) is 21.1 Å². The van der Waals surface area contributed by atoms with Crippen molar-refractivity contribution >= 4 is 17.2 Å². The van der Waals surface area contributed by atoms with Crippen LogP contribution in [-0.2, 0) is 17.6 Å². The molecule has 0 fully saturated rings. The second-order valence-corrected chi connectivity index (χ2v) is 6.47. The van der Waals surface area contributed by atoms with E-state index < -0.39 is 0 Å². The molecule has 1 aliphatic heterocycles. The van der Waals surface area contributed by atoms with E-state index in [0.717, 1.165) is 29.1 Å². The fraction of sp³-hybridized carbons (Fsp3) is 0.316. The highest BCUT2D eigenvalue weighted by atomic mass is 16.2. The summed E-state index contributed by atoms with van der Waals surface area (Å²) in [5.74, 6) is 0.0915. The first-order valence-electron chi connectivity index (χ1n) is 8.57. The van der Waals surface area contributed by atoms with Gasteiger partial charge in [-0.15, -0.1) is 0 Å². The number of nitriles is 1. The highest BCUT2D eigenvalue weighted by molar-refractivity contribution is 5.95. The van der Waals surface area contributed by atoms with E-state index in [-0.39, 0.29) is 5.91 Å². The van der Waals surface area contributed by atoms with Gasteiger partial charge in [-0.05, 0) is 43.9 Å². The molecule has 1 amide bonds. The predicted molar refractivity (Wildman–Crippen MR) is 95.8 cm³/mol. The number of nitrogens with zero attached hydrogens (tertiary/aromatic N) is 6. The van der Waals surface area contributed by atoms with Crippen molar-refractivity contribution in [3.05, 3.63) is 52.7 Å². The van der Waals surface area contributed by atoms with E-state index in [0.29, 0.717) is 30.6 Å². The van der Waals surface area contributed by atoms with Gasteiger partial charge in [0.05, 0.1) is 18.1 Å². The fourth-order valence-corrected chi connectivity index (χ4v) is 3.60. The Labute approximate surface area is 150 Å². The number of pyridine rings is 1. The molecule has 0 aliphatic carbocycles. The van der Waals surface area contributed by atoms with Crippen LogP contribution >= 0.6 is 0 Å². The van der Waals surface area contributed by atoms with Gasteiger partial charge in [-0.1, -0.05) is 0 Å². The standard InChI is InChI=1S/C19H18N6O/c1-12-16(13(2)25-19(23-12)15(9-20)10-22-25)3-4-18(26)24-8-6-14-5-7-21-11-17(14)24/h5,7,10-11H,3-4,6,8H2,1-2H3. The molecule has 130 valence electrons. The van der Waals surface area contributed by atoms with E-state index >= 15 is 0 Å². The van der Waals surface area contributed by atoms with Crippen molar-refractivity contribution in [1.82, 2.24) is 19.6 Å². The number of carbonyl (C=O) groups is 1. The quantitative estimate of drug-likeness (QED) is 0.725. The molecule has 0 spiro atoms. The summed E-state index contributed by atoms with van der Waals surface area (Å²) in [5.41, 5.74) is 5.88. The lowest BCUT2D eigenvalue weighted by Gasteiger charge is -2.17. The van der Waals surface area contributed by atoms with E-state index in [1.165, 1.54) is 11.8 Å². The molecule has 4 heterocycles. The third-order valence-electron chi connectivity index (χ3n) is 5.00. The van der Waals surface area contributed by atoms with Crippen molar-refractivity contribution < 1.29 is 4.79 Å². The molecule has 26 heavy (non-hydrogen) atoms. The molecule has 0 N–H and O–H groups in total. The third-order valence-corrected chi connectivity index (χ3v) is 5.00. The molecule has 0 radical (unpaired) electrons. The average Bonchev–Trinajstić information content (AvgIpc) is 3.25. The number of amides is 1. The summed E-state index contributed by atoms with van der Waals surface area (Å²) in [6.07, 6.45) is 6.91. The highest BCUT2D eigenvalue weighted by Crippen LogP contribution is 2.27. The smallest absolute Gasteiger partial charge is 0.227 e. The van der Waals surface area contributed by atoms with Gasteiger partial charge in [0.15, 0.2) is 5.65 Å². The van der Waals surface area contributed by atoms with Gasteiger partial charge >= 0.3 is 0 Å². The summed E-state index contributed by atoms with van der Waals surface area (Å²) in [6, 6.07) is 4.08. The van der Waals surface area contributed by atoms with Crippen molar-refractivity contribution in [2.75, 3.05) is 11.4 Å². The summed E-state index contributed by atoms with van der Waals surface area (Å²) in [6.45, 7) is 4.57. The third kappa shape index (κ3) is 2.51. The summed E-state index contributed by atoms with van der Waals surface area (Å²) in [5, 5.41) is 13.4. The zero-order chi connectivity index (χ0) is 18.3. The average molecular weight is 346 g/mol. The Morgan fingerprint density at radius 3 is 3.00 bits per heavy atom. The maximum Gasteiger partial charge on any atom is 0.227 e. The van der Waals surface area contributed by atoms with Gasteiger partial charge in [-0.3, -0.25) is 9.78 Å². The zero-order valence-corrected chi connectivity index (χ0v) is 14.7. The SMILES string of the molecule is Cc1nc2c(C#N)cnn2c(C)c1CCC(=O)N1CCc2ccncc21. The van der Waals surface area contributed by atoms with Crippen LogP contribution in [0.3, 0.4) is 0 Å². The van der Waals surface area contributed by atoms with Crippen LogP contribution in [0.15, 0.2) is 24.7 Å². The number of carbonyl (C=O) groups excluding carboxylic acids is 1. The first-order valence-corrected chi connectivity index (χ1v) is 8.57. The maximum atomic E-state index is 12.7. The molecule has 0 saturated heterocycles. The monoisotopic (exact) mass is 346 g/mol. The molecular weight excluding hydrogens is 328 g/mol. The number of rotatable bonds is 3. The fourth-order valence-electron chi connectivity index (χ4n) is 3.60. The zero-order valence-electron chi connectivity index (χ0n) is 14.7. The molecule has 3 aromatic heterocycles. The van der Waals surface area contributed by atoms with Gasteiger partial charge in [0, 0.05) is 30.6 Å². The second kappa shape index (κ2) is 6.23. The maximum absolute atomic E-state index is 12.7. The molecule has 0 bridgehead atoms. The minimum atomic E-state index is 0.0915. The van der Waals surface area contributed by atoms with E-state index in [1.807, 2.05) is 24.8 Å². The molecule has 0 aromatic carbocycles. The minimum Gasteiger partial charge on any atom is -0.310 e. The Morgan fingerprint density at radius 2 is 2.19 bits per heavy atom. The molecular formula is C19H18N6O. The predicted octanol–water partition coefficient (Wildman–Crippen LogP) is 2.13. The van der Waals surface area contributed by atoms with Crippen LogP contribution in [0.5, 0.6) is 0 Å². The van der Waals surface area contributed by atoms with Crippen LogP contribution in [-0.4, -0.2) is 32.0 Å². The van der Waals surface area contributed by atoms with Crippen LogP contribution in [0, 0.1) is 25.2 Å². The lowest BCUT2D eigenvalue weighted by Crippen LogP contribution is -2.29. The molecule has 1 aliphatic rings. The van der Waals surface area contributed by atoms with Crippen molar-refractivity contribution in [2.24, 2.45) is 0 Å². The van der Waals surface area contributed by atoms with Gasteiger partial charge < -0.3 is 4.90 Å². The Hall–Kier alpha value is -3.27. The van der Waals surface area contributed by atoms with E-state index in [4.69, 9.17) is 5.26 Å². The van der Waals surface area contributed by atoms with Gasteiger partial charge in [0.1, 0.15) is 11.6 Å². The second-order valence-electron chi connectivity index (χ2n) is 6.47. The van der Waals surface area contributed by atoms with Crippen molar-refractivity contribution in [2.45, 2.75) is 33.1 Å². The summed E-state index contributed by atoms with van der Waals surface area (Å²) >= 11 is 0. The van der Waals surface area contributed by atoms with E-state index in [1.54, 1.807) is 16.9 Å². The van der Waals surface area contributed by atoms with Crippen LogP contribution in [0.1, 0.15) is 34.5 Å². The van der Waals surface area contributed by atoms with Crippen LogP contribution in [0.2, 0.25) is 0 Å². The molecule has 0 unspecified atom stereocenters. The molecule has 0 saturated carbocycles. The highest BCUT2D eigenvalue weighted by Gasteiger charge is 2.25. The lowest BCUT2D eigenvalue weighted by molar-refractivity contribution is -0.118. The Balaban J connectivity index is 1.57. The lowest BCUT2D eigenvalue weighted by atomic mass is 10.1. The Kier molecular flexibility index (Phi) is 3.88. The largest absolute Gasteiger partial charge is 0.310 e. The molecule has 7 heteroatoms. The topological polar surface area (TPSA) is 87.2 Å². The summed E-state index contributed by atoms with van der Waals surface area (Å²) in [4.78, 5) is 23.2. The number of hydrogen-bond acceptors (Lipinski definition) is 5. The van der Waals surface area contributed by atoms with Crippen molar-refractivity contribution in [1.29, 1.82) is 5.26 Å².